The van der Waals surface area contributed by atoms with Gasteiger partial charge in [-0.25, -0.2) is 0 Å². The maximum absolute atomic E-state index is 12.3. The van der Waals surface area contributed by atoms with E-state index in [1.54, 1.807) is 18.4 Å². The molecule has 22 heavy (non-hydrogen) atoms. The molecule has 0 aliphatic heterocycles. The number of rotatable bonds is 4. The highest BCUT2D eigenvalue weighted by Crippen LogP contribution is 2.32. The highest BCUT2D eigenvalue weighted by molar-refractivity contribution is 7.14. The van der Waals surface area contributed by atoms with Crippen molar-refractivity contribution in [2.45, 2.75) is 32.7 Å². The summed E-state index contributed by atoms with van der Waals surface area (Å²) in [4.78, 5) is 14.6. The predicted octanol–water partition coefficient (Wildman–Crippen LogP) is 3.81. The number of hydrogen-bond donors (Lipinski definition) is 1. The van der Waals surface area contributed by atoms with E-state index in [1.165, 1.54) is 16.9 Å². The fourth-order valence-electron chi connectivity index (χ4n) is 2.87. The maximum Gasteiger partial charge on any atom is 0.261 e. The summed E-state index contributed by atoms with van der Waals surface area (Å²) in [6, 6.07) is 9.85. The summed E-state index contributed by atoms with van der Waals surface area (Å²) in [5.41, 5.74) is 2.41. The summed E-state index contributed by atoms with van der Waals surface area (Å²) in [5.74, 6) is 1.57. The molecule has 3 rings (SSSR count). The van der Waals surface area contributed by atoms with Crippen LogP contribution in [0.25, 0.3) is 0 Å². The van der Waals surface area contributed by atoms with Crippen LogP contribution in [0, 0.1) is 5.92 Å². The van der Waals surface area contributed by atoms with Crippen molar-refractivity contribution in [1.82, 2.24) is 5.32 Å². The zero-order valence-corrected chi connectivity index (χ0v) is 13.8. The van der Waals surface area contributed by atoms with Crippen molar-refractivity contribution in [3.05, 3.63) is 51.2 Å². The average molecular weight is 315 g/mol. The van der Waals surface area contributed by atoms with Crippen LogP contribution in [0.1, 0.15) is 39.0 Å². The van der Waals surface area contributed by atoms with Gasteiger partial charge < -0.3 is 10.1 Å². The highest BCUT2D eigenvalue weighted by Gasteiger charge is 2.20. The average Bonchev–Trinajstić information content (AvgIpc) is 2.96. The predicted molar refractivity (Wildman–Crippen MR) is 89.7 cm³/mol. The number of carbonyl (C=O) groups is 1. The monoisotopic (exact) mass is 315 g/mol. The topological polar surface area (TPSA) is 38.3 Å². The van der Waals surface area contributed by atoms with Crippen LogP contribution in [0.3, 0.4) is 0 Å². The van der Waals surface area contributed by atoms with Gasteiger partial charge in [0.2, 0.25) is 0 Å². The largest absolute Gasteiger partial charge is 0.497 e. The van der Waals surface area contributed by atoms with Crippen LogP contribution in [0.4, 0.5) is 0 Å². The van der Waals surface area contributed by atoms with Crippen molar-refractivity contribution < 1.29 is 9.53 Å². The van der Waals surface area contributed by atoms with E-state index in [-0.39, 0.29) is 5.91 Å². The Bertz CT molecular complexity index is 677. The molecule has 0 radical (unpaired) electrons. The normalized spacial score (nSPS) is 16.9. The van der Waals surface area contributed by atoms with Gasteiger partial charge in [-0.05, 0) is 54.5 Å². The van der Waals surface area contributed by atoms with E-state index in [9.17, 15) is 4.79 Å². The van der Waals surface area contributed by atoms with Crippen molar-refractivity contribution >= 4 is 17.2 Å². The minimum absolute atomic E-state index is 0.0230. The Morgan fingerprint density at radius 2 is 2.27 bits per heavy atom. The first-order valence-electron chi connectivity index (χ1n) is 7.68. The number of fused-ring (bicyclic) bond motifs is 1. The molecule has 0 saturated carbocycles. The number of aryl methyl sites for hydroxylation is 1. The maximum atomic E-state index is 12.3. The van der Waals surface area contributed by atoms with Crippen LogP contribution in [-0.4, -0.2) is 13.0 Å². The summed E-state index contributed by atoms with van der Waals surface area (Å²) in [7, 11) is 1.65. The first kappa shape index (κ1) is 15.1. The SMILES string of the molecule is COc1cccc(CNC(=O)c2cc3c(s2)CCC(C)C3)c1. The lowest BCUT2D eigenvalue weighted by atomic mass is 9.90. The second-order valence-electron chi connectivity index (χ2n) is 5.94. The number of methoxy groups -OCH3 is 1. The number of carbonyl (C=O) groups excluding carboxylic acids is 1. The van der Waals surface area contributed by atoms with Crippen molar-refractivity contribution in [2.75, 3.05) is 7.11 Å². The zero-order valence-electron chi connectivity index (χ0n) is 13.0. The molecule has 1 aromatic carbocycles. The summed E-state index contributed by atoms with van der Waals surface area (Å²) < 4.78 is 5.20. The van der Waals surface area contributed by atoms with Gasteiger partial charge in [-0.3, -0.25) is 4.79 Å². The molecule has 0 spiro atoms. The van der Waals surface area contributed by atoms with Gasteiger partial charge in [0.1, 0.15) is 5.75 Å². The molecule has 4 heteroatoms. The standard InChI is InChI=1S/C18H21NO2S/c1-12-6-7-16-14(8-12)10-17(22-16)18(20)19-11-13-4-3-5-15(9-13)21-2/h3-5,9-10,12H,6-8,11H2,1-2H3,(H,19,20). The van der Waals surface area contributed by atoms with Gasteiger partial charge in [-0.2, -0.15) is 0 Å². The van der Waals surface area contributed by atoms with Gasteiger partial charge in [-0.1, -0.05) is 19.1 Å². The molecule has 0 bridgehead atoms. The second-order valence-corrected chi connectivity index (χ2v) is 7.08. The molecule has 1 heterocycles. The molecule has 116 valence electrons. The van der Waals surface area contributed by atoms with Crippen molar-refractivity contribution in [3.63, 3.8) is 0 Å². The molecule has 2 aromatic rings. The van der Waals surface area contributed by atoms with E-state index in [4.69, 9.17) is 4.74 Å². The highest BCUT2D eigenvalue weighted by atomic mass is 32.1. The minimum Gasteiger partial charge on any atom is -0.497 e. The first-order valence-corrected chi connectivity index (χ1v) is 8.50. The van der Waals surface area contributed by atoms with Crippen LogP contribution < -0.4 is 10.1 Å². The van der Waals surface area contributed by atoms with Gasteiger partial charge in [-0.15, -0.1) is 11.3 Å². The third-order valence-electron chi connectivity index (χ3n) is 4.14. The summed E-state index contributed by atoms with van der Waals surface area (Å²) >= 11 is 1.65. The summed E-state index contributed by atoms with van der Waals surface area (Å²) in [6.45, 7) is 2.80. The molecule has 3 nitrogen and oxygen atoms in total. The number of nitrogens with one attached hydrogen (secondary N) is 1. The van der Waals surface area contributed by atoms with Gasteiger partial charge in [0.25, 0.3) is 5.91 Å². The Hall–Kier alpha value is -1.81. The minimum atomic E-state index is 0.0230. The molecule has 1 aliphatic rings. The smallest absolute Gasteiger partial charge is 0.261 e. The van der Waals surface area contributed by atoms with E-state index in [0.717, 1.165) is 34.9 Å². The number of benzene rings is 1. The van der Waals surface area contributed by atoms with E-state index >= 15 is 0 Å². The second kappa shape index (κ2) is 6.53. The summed E-state index contributed by atoms with van der Waals surface area (Å²) in [5, 5.41) is 3.00. The first-order chi connectivity index (χ1) is 10.7. The molecule has 1 aromatic heterocycles. The number of thiophene rings is 1. The molecule has 0 fully saturated rings. The Morgan fingerprint density at radius 1 is 1.41 bits per heavy atom. The van der Waals surface area contributed by atoms with Crippen LogP contribution in [0.15, 0.2) is 30.3 Å². The lowest BCUT2D eigenvalue weighted by Gasteiger charge is -2.16. The number of ether oxygens (including phenoxy) is 1. The Labute approximate surface area is 135 Å². The lowest BCUT2D eigenvalue weighted by molar-refractivity contribution is 0.0955. The van der Waals surface area contributed by atoms with Crippen LogP contribution in [-0.2, 0) is 19.4 Å². The zero-order chi connectivity index (χ0) is 15.5. The fourth-order valence-corrected chi connectivity index (χ4v) is 3.99. The molecule has 0 saturated heterocycles. The quantitative estimate of drug-likeness (QED) is 0.931. The van der Waals surface area contributed by atoms with Crippen LogP contribution in [0.2, 0.25) is 0 Å². The lowest BCUT2D eigenvalue weighted by Crippen LogP contribution is -2.21. The molecule has 1 aliphatic carbocycles. The Balaban J connectivity index is 1.65. The molecule has 1 N–H and O–H groups in total. The van der Waals surface area contributed by atoms with Crippen LogP contribution in [0.5, 0.6) is 5.75 Å². The van der Waals surface area contributed by atoms with Gasteiger partial charge in [0.05, 0.1) is 12.0 Å². The number of amides is 1. The van der Waals surface area contributed by atoms with Gasteiger partial charge >= 0.3 is 0 Å². The molecule has 1 atom stereocenters. The van der Waals surface area contributed by atoms with Crippen molar-refractivity contribution in [1.29, 1.82) is 0 Å². The van der Waals surface area contributed by atoms with E-state index in [2.05, 4.69) is 18.3 Å². The molecule has 1 unspecified atom stereocenters. The van der Waals surface area contributed by atoms with Gasteiger partial charge in [0, 0.05) is 11.4 Å². The third-order valence-corrected chi connectivity index (χ3v) is 5.38. The van der Waals surface area contributed by atoms with E-state index in [1.807, 2.05) is 24.3 Å². The van der Waals surface area contributed by atoms with Crippen molar-refractivity contribution in [2.24, 2.45) is 5.92 Å². The van der Waals surface area contributed by atoms with Crippen LogP contribution >= 0.6 is 11.3 Å². The molecular formula is C18H21NO2S. The molecule has 1 amide bonds. The Kier molecular flexibility index (Phi) is 4.48. The van der Waals surface area contributed by atoms with Crippen molar-refractivity contribution in [3.8, 4) is 5.75 Å². The Morgan fingerprint density at radius 3 is 3.09 bits per heavy atom. The summed E-state index contributed by atoms with van der Waals surface area (Å²) in [6.07, 6.45) is 3.46. The fraction of sp³-hybridized carbons (Fsp3) is 0.389. The third kappa shape index (κ3) is 3.33. The van der Waals surface area contributed by atoms with E-state index < -0.39 is 0 Å². The number of hydrogen-bond acceptors (Lipinski definition) is 3. The molecular weight excluding hydrogens is 294 g/mol. The van der Waals surface area contributed by atoms with E-state index in [0.29, 0.717) is 6.54 Å². The van der Waals surface area contributed by atoms with Gasteiger partial charge in [0.15, 0.2) is 0 Å².